The summed E-state index contributed by atoms with van der Waals surface area (Å²) in [6.07, 6.45) is 0. The van der Waals surface area contributed by atoms with E-state index in [9.17, 15) is 4.79 Å². The molecule has 1 amide bonds. The van der Waals surface area contributed by atoms with Crippen LogP contribution in [0.1, 0.15) is 28.2 Å². The third kappa shape index (κ3) is 3.13. The minimum Gasteiger partial charge on any atom is -0.345 e. The van der Waals surface area contributed by atoms with E-state index in [1.807, 2.05) is 24.4 Å². The second kappa shape index (κ2) is 5.87. The molecule has 0 fully saturated rings. The number of carbonyl (C=O) groups excluding carboxylic acids is 1. The van der Waals surface area contributed by atoms with Gasteiger partial charge in [0.2, 0.25) is 0 Å². The summed E-state index contributed by atoms with van der Waals surface area (Å²) in [5.74, 6) is -0.103. The highest BCUT2D eigenvalue weighted by molar-refractivity contribution is 9.10. The maximum Gasteiger partial charge on any atom is 0.251 e. The molecule has 1 aromatic carbocycles. The minimum absolute atomic E-state index is 0.00644. The van der Waals surface area contributed by atoms with Gasteiger partial charge in [-0.2, -0.15) is 0 Å². The Labute approximate surface area is 123 Å². The smallest absolute Gasteiger partial charge is 0.251 e. The van der Waals surface area contributed by atoms with Crippen LogP contribution in [0.5, 0.6) is 0 Å². The van der Waals surface area contributed by atoms with Crippen molar-refractivity contribution < 1.29 is 4.79 Å². The second-order valence-corrected chi connectivity index (χ2v) is 6.08. The molecule has 1 N–H and O–H groups in total. The Morgan fingerprint density at radius 2 is 2.22 bits per heavy atom. The molecule has 0 spiro atoms. The molecule has 94 valence electrons. The first-order valence-electron chi connectivity index (χ1n) is 5.37. The molecule has 1 heterocycles. The van der Waals surface area contributed by atoms with E-state index >= 15 is 0 Å². The SMILES string of the molecule is CC(NC(=O)c1ccc(Cl)c(Br)c1)c1cccs1. The number of hydrogen-bond acceptors (Lipinski definition) is 2. The maximum absolute atomic E-state index is 12.0. The maximum atomic E-state index is 12.0. The summed E-state index contributed by atoms with van der Waals surface area (Å²) in [5.41, 5.74) is 0.592. The van der Waals surface area contributed by atoms with Crippen molar-refractivity contribution in [2.75, 3.05) is 0 Å². The Kier molecular flexibility index (Phi) is 4.43. The van der Waals surface area contributed by atoms with E-state index < -0.39 is 0 Å². The van der Waals surface area contributed by atoms with Gasteiger partial charge in [-0.05, 0) is 52.5 Å². The molecule has 0 aliphatic heterocycles. The van der Waals surface area contributed by atoms with Crippen LogP contribution in [0, 0.1) is 0 Å². The van der Waals surface area contributed by atoms with Crippen molar-refractivity contribution in [3.8, 4) is 0 Å². The van der Waals surface area contributed by atoms with Gasteiger partial charge < -0.3 is 5.32 Å². The summed E-state index contributed by atoms with van der Waals surface area (Å²) in [7, 11) is 0. The van der Waals surface area contributed by atoms with E-state index in [0.717, 1.165) is 9.35 Å². The fraction of sp³-hybridized carbons (Fsp3) is 0.154. The fourth-order valence-corrected chi connectivity index (χ4v) is 2.76. The Bertz CT molecular complexity index is 556. The fourth-order valence-electron chi connectivity index (χ4n) is 1.53. The van der Waals surface area contributed by atoms with Gasteiger partial charge in [0.05, 0.1) is 11.1 Å². The van der Waals surface area contributed by atoms with Crippen LogP contribution in [0.2, 0.25) is 5.02 Å². The van der Waals surface area contributed by atoms with E-state index in [1.165, 1.54) is 0 Å². The third-order valence-electron chi connectivity index (χ3n) is 2.50. The third-order valence-corrected chi connectivity index (χ3v) is 4.77. The number of amides is 1. The van der Waals surface area contributed by atoms with E-state index in [4.69, 9.17) is 11.6 Å². The van der Waals surface area contributed by atoms with Crippen molar-refractivity contribution in [1.29, 1.82) is 0 Å². The van der Waals surface area contributed by atoms with Gasteiger partial charge in [0.25, 0.3) is 5.91 Å². The molecule has 2 nitrogen and oxygen atoms in total. The molecular formula is C13H11BrClNOS. The quantitative estimate of drug-likeness (QED) is 0.862. The molecule has 1 unspecified atom stereocenters. The average molecular weight is 345 g/mol. The van der Waals surface area contributed by atoms with Gasteiger partial charge in [-0.1, -0.05) is 17.7 Å². The van der Waals surface area contributed by atoms with Crippen LogP contribution >= 0.6 is 38.9 Å². The van der Waals surface area contributed by atoms with Gasteiger partial charge in [0.1, 0.15) is 0 Å². The second-order valence-electron chi connectivity index (χ2n) is 3.84. The first kappa shape index (κ1) is 13.6. The Balaban J connectivity index is 2.10. The number of halogens is 2. The van der Waals surface area contributed by atoms with Crippen molar-refractivity contribution >= 4 is 44.8 Å². The number of hydrogen-bond donors (Lipinski definition) is 1. The highest BCUT2D eigenvalue weighted by Crippen LogP contribution is 2.24. The zero-order valence-electron chi connectivity index (χ0n) is 9.61. The molecule has 2 rings (SSSR count). The summed E-state index contributed by atoms with van der Waals surface area (Å²) < 4.78 is 0.723. The Morgan fingerprint density at radius 1 is 1.44 bits per heavy atom. The van der Waals surface area contributed by atoms with Crippen LogP contribution in [-0.4, -0.2) is 5.91 Å². The first-order chi connectivity index (χ1) is 8.58. The molecule has 1 atom stereocenters. The topological polar surface area (TPSA) is 29.1 Å². The number of carbonyl (C=O) groups is 1. The zero-order chi connectivity index (χ0) is 13.1. The first-order valence-corrected chi connectivity index (χ1v) is 7.42. The molecule has 0 aliphatic carbocycles. The van der Waals surface area contributed by atoms with Crippen molar-refractivity contribution in [2.45, 2.75) is 13.0 Å². The summed E-state index contributed by atoms with van der Waals surface area (Å²) in [4.78, 5) is 13.2. The predicted molar refractivity (Wildman–Crippen MR) is 79.4 cm³/mol. The van der Waals surface area contributed by atoms with Gasteiger partial charge in [-0.3, -0.25) is 4.79 Å². The lowest BCUT2D eigenvalue weighted by Gasteiger charge is -2.12. The molecule has 0 bridgehead atoms. The van der Waals surface area contributed by atoms with Crippen molar-refractivity contribution in [3.05, 3.63) is 55.6 Å². The molecule has 1 aromatic heterocycles. The van der Waals surface area contributed by atoms with Gasteiger partial charge in [-0.25, -0.2) is 0 Å². The summed E-state index contributed by atoms with van der Waals surface area (Å²) in [6.45, 7) is 1.97. The molecule has 0 radical (unpaired) electrons. The lowest BCUT2D eigenvalue weighted by Crippen LogP contribution is -2.26. The molecular weight excluding hydrogens is 334 g/mol. The van der Waals surface area contributed by atoms with Gasteiger partial charge in [-0.15, -0.1) is 11.3 Å². The van der Waals surface area contributed by atoms with Crippen LogP contribution in [-0.2, 0) is 0 Å². The molecule has 18 heavy (non-hydrogen) atoms. The van der Waals surface area contributed by atoms with Crippen molar-refractivity contribution in [3.63, 3.8) is 0 Å². The molecule has 0 saturated carbocycles. The minimum atomic E-state index is -0.103. The molecule has 2 aromatic rings. The van der Waals surface area contributed by atoms with Crippen molar-refractivity contribution in [1.82, 2.24) is 5.32 Å². The van der Waals surface area contributed by atoms with E-state index in [0.29, 0.717) is 10.6 Å². The van der Waals surface area contributed by atoms with E-state index in [2.05, 4.69) is 21.2 Å². The van der Waals surface area contributed by atoms with Crippen LogP contribution in [0.15, 0.2) is 40.2 Å². The van der Waals surface area contributed by atoms with Gasteiger partial charge in [0, 0.05) is 14.9 Å². The monoisotopic (exact) mass is 343 g/mol. The zero-order valence-corrected chi connectivity index (χ0v) is 12.8. The lowest BCUT2D eigenvalue weighted by atomic mass is 10.2. The molecule has 0 saturated heterocycles. The summed E-state index contributed by atoms with van der Waals surface area (Å²) in [6, 6.07) is 9.13. The molecule has 0 aliphatic rings. The molecule has 5 heteroatoms. The highest BCUT2D eigenvalue weighted by Gasteiger charge is 2.12. The van der Waals surface area contributed by atoms with Gasteiger partial charge >= 0.3 is 0 Å². The number of rotatable bonds is 3. The van der Waals surface area contributed by atoms with Crippen LogP contribution in [0.3, 0.4) is 0 Å². The largest absolute Gasteiger partial charge is 0.345 e. The van der Waals surface area contributed by atoms with Crippen molar-refractivity contribution in [2.24, 2.45) is 0 Å². The predicted octanol–water partition coefficient (Wildman–Crippen LogP) is 4.66. The standard InChI is InChI=1S/C13H11BrClNOS/c1-8(12-3-2-6-18-12)16-13(17)9-4-5-11(15)10(14)7-9/h2-8H,1H3,(H,16,17). The number of nitrogens with one attached hydrogen (secondary N) is 1. The van der Waals surface area contributed by atoms with Crippen LogP contribution in [0.25, 0.3) is 0 Å². The van der Waals surface area contributed by atoms with Crippen LogP contribution < -0.4 is 5.32 Å². The van der Waals surface area contributed by atoms with E-state index in [-0.39, 0.29) is 11.9 Å². The van der Waals surface area contributed by atoms with Gasteiger partial charge in [0.15, 0.2) is 0 Å². The highest BCUT2D eigenvalue weighted by atomic mass is 79.9. The number of thiophene rings is 1. The lowest BCUT2D eigenvalue weighted by molar-refractivity contribution is 0.0940. The van der Waals surface area contributed by atoms with Crippen LogP contribution in [0.4, 0.5) is 0 Å². The van der Waals surface area contributed by atoms with E-state index in [1.54, 1.807) is 29.5 Å². The average Bonchev–Trinajstić information content (AvgIpc) is 2.86. The Hall–Kier alpha value is -0.840. The summed E-state index contributed by atoms with van der Waals surface area (Å²) in [5, 5.41) is 5.54. The Morgan fingerprint density at radius 3 is 2.83 bits per heavy atom. The summed E-state index contributed by atoms with van der Waals surface area (Å²) >= 11 is 10.8. The number of benzene rings is 1. The normalized spacial score (nSPS) is 12.2.